The van der Waals surface area contributed by atoms with Crippen LogP contribution in [0.4, 0.5) is 0 Å². The molecule has 6 rings (SSSR count). The summed E-state index contributed by atoms with van der Waals surface area (Å²) in [4.78, 5) is 8.02. The third kappa shape index (κ3) is 1.93. The lowest BCUT2D eigenvalue weighted by molar-refractivity contribution is 0.422. The first-order valence-electron chi connectivity index (χ1n) is 9.59. The Labute approximate surface area is 146 Å². The highest BCUT2D eigenvalue weighted by Crippen LogP contribution is 2.42. The average Bonchev–Trinajstić information content (AvgIpc) is 3.33. The van der Waals surface area contributed by atoms with Gasteiger partial charge in [-0.1, -0.05) is 6.42 Å². The fraction of sp³-hybridized carbons (Fsp3) is 0.500. The molecule has 5 heterocycles. The molecule has 2 N–H and O–H groups in total. The number of nitrogens with zero attached hydrogens (tertiary/aromatic N) is 3. The largest absolute Gasteiger partial charge is 0.346 e. The molecule has 1 spiro atoms. The van der Waals surface area contributed by atoms with Crippen LogP contribution in [0.3, 0.4) is 0 Å². The summed E-state index contributed by atoms with van der Waals surface area (Å²) in [6, 6.07) is 4.61. The SMILES string of the molecule is c1nc2[nH]cc(C3CCC3)c2cc1-c1cc2n(n1)CCC21CCNC1. The molecule has 1 atom stereocenters. The summed E-state index contributed by atoms with van der Waals surface area (Å²) in [7, 11) is 0. The van der Waals surface area contributed by atoms with E-state index in [1.165, 1.54) is 48.7 Å². The van der Waals surface area contributed by atoms with E-state index in [0.29, 0.717) is 11.3 Å². The monoisotopic (exact) mass is 333 g/mol. The van der Waals surface area contributed by atoms with E-state index in [0.717, 1.165) is 36.5 Å². The highest BCUT2D eigenvalue weighted by atomic mass is 15.3. The van der Waals surface area contributed by atoms with E-state index >= 15 is 0 Å². The summed E-state index contributed by atoms with van der Waals surface area (Å²) in [5.41, 5.74) is 6.41. The van der Waals surface area contributed by atoms with E-state index in [1.54, 1.807) is 0 Å². The Kier molecular flexibility index (Phi) is 2.78. The molecular weight excluding hydrogens is 310 g/mol. The highest BCUT2D eigenvalue weighted by molar-refractivity contribution is 5.84. The molecule has 2 aliphatic heterocycles. The van der Waals surface area contributed by atoms with Crippen LogP contribution < -0.4 is 5.32 Å². The lowest BCUT2D eigenvalue weighted by atomic mass is 9.80. The van der Waals surface area contributed by atoms with E-state index in [2.05, 4.69) is 38.3 Å². The van der Waals surface area contributed by atoms with E-state index in [4.69, 9.17) is 5.10 Å². The molecule has 2 fully saturated rings. The molecule has 25 heavy (non-hydrogen) atoms. The Bertz CT molecular complexity index is 956. The number of fused-ring (bicyclic) bond motifs is 3. The number of pyridine rings is 1. The van der Waals surface area contributed by atoms with Crippen LogP contribution in [-0.2, 0) is 12.0 Å². The standard InChI is InChI=1S/C20H23N5/c1-2-13(3-1)16-11-23-19-15(16)8-14(10-22-19)17-9-18-20(4-6-21-12-20)5-7-25(18)24-17/h8-11,13,21H,1-7,12H2,(H,22,23). The minimum atomic E-state index is 0.313. The van der Waals surface area contributed by atoms with Gasteiger partial charge in [0.2, 0.25) is 0 Å². The van der Waals surface area contributed by atoms with Crippen molar-refractivity contribution in [2.24, 2.45) is 0 Å². The van der Waals surface area contributed by atoms with Crippen molar-refractivity contribution >= 4 is 11.0 Å². The Morgan fingerprint density at radius 3 is 2.96 bits per heavy atom. The minimum Gasteiger partial charge on any atom is -0.346 e. The van der Waals surface area contributed by atoms with Gasteiger partial charge in [-0.25, -0.2) is 4.98 Å². The van der Waals surface area contributed by atoms with E-state index < -0.39 is 0 Å². The molecule has 0 amide bonds. The van der Waals surface area contributed by atoms with Crippen molar-refractivity contribution in [2.75, 3.05) is 13.1 Å². The van der Waals surface area contributed by atoms with Crippen molar-refractivity contribution < 1.29 is 0 Å². The zero-order chi connectivity index (χ0) is 16.4. The molecule has 128 valence electrons. The normalized spacial score (nSPS) is 25.8. The van der Waals surface area contributed by atoms with Gasteiger partial charge < -0.3 is 10.3 Å². The summed E-state index contributed by atoms with van der Waals surface area (Å²) in [5, 5.41) is 9.74. The molecule has 0 radical (unpaired) electrons. The molecule has 0 aromatic carbocycles. The van der Waals surface area contributed by atoms with Crippen molar-refractivity contribution in [3.05, 3.63) is 35.8 Å². The maximum Gasteiger partial charge on any atom is 0.137 e. The number of nitrogens with one attached hydrogen (secondary N) is 2. The third-order valence-corrected chi connectivity index (χ3v) is 6.77. The predicted octanol–water partition coefficient (Wildman–Crippen LogP) is 3.33. The van der Waals surface area contributed by atoms with E-state index in [-0.39, 0.29) is 0 Å². The summed E-state index contributed by atoms with van der Waals surface area (Å²) in [5.74, 6) is 0.714. The molecule has 3 aromatic heterocycles. The maximum atomic E-state index is 4.92. The maximum absolute atomic E-state index is 4.92. The topological polar surface area (TPSA) is 58.5 Å². The Balaban J connectivity index is 1.43. The van der Waals surface area contributed by atoms with Crippen LogP contribution in [0.15, 0.2) is 24.5 Å². The molecule has 1 saturated carbocycles. The van der Waals surface area contributed by atoms with Crippen LogP contribution in [0.1, 0.15) is 49.3 Å². The smallest absolute Gasteiger partial charge is 0.137 e. The van der Waals surface area contributed by atoms with Gasteiger partial charge in [0.15, 0.2) is 0 Å². The lowest BCUT2D eigenvalue weighted by Crippen LogP contribution is -2.25. The zero-order valence-electron chi connectivity index (χ0n) is 14.4. The van der Waals surface area contributed by atoms with Gasteiger partial charge in [0, 0.05) is 47.5 Å². The fourth-order valence-electron chi connectivity index (χ4n) is 5.00. The van der Waals surface area contributed by atoms with Crippen molar-refractivity contribution in [1.29, 1.82) is 0 Å². The van der Waals surface area contributed by atoms with Crippen molar-refractivity contribution in [3.8, 4) is 11.3 Å². The van der Waals surface area contributed by atoms with Crippen molar-refractivity contribution in [3.63, 3.8) is 0 Å². The first kappa shape index (κ1) is 14.1. The molecule has 1 saturated heterocycles. The van der Waals surface area contributed by atoms with E-state index in [1.807, 2.05) is 6.20 Å². The Hall–Kier alpha value is -2.14. The van der Waals surface area contributed by atoms with Crippen LogP contribution in [0.5, 0.6) is 0 Å². The molecular formula is C20H23N5. The number of aromatic nitrogens is 4. The number of hydrogen-bond donors (Lipinski definition) is 2. The second-order valence-electron chi connectivity index (χ2n) is 8.09. The molecule has 5 nitrogen and oxygen atoms in total. The quantitative estimate of drug-likeness (QED) is 0.756. The molecule has 5 heteroatoms. The third-order valence-electron chi connectivity index (χ3n) is 6.77. The van der Waals surface area contributed by atoms with E-state index in [9.17, 15) is 0 Å². The van der Waals surface area contributed by atoms with Crippen LogP contribution >= 0.6 is 0 Å². The van der Waals surface area contributed by atoms with Crippen LogP contribution in [0, 0.1) is 0 Å². The minimum absolute atomic E-state index is 0.313. The summed E-state index contributed by atoms with van der Waals surface area (Å²) in [6.07, 6.45) is 10.6. The molecule has 1 aliphatic carbocycles. The summed E-state index contributed by atoms with van der Waals surface area (Å²) < 4.78 is 2.23. The number of aryl methyl sites for hydroxylation is 1. The van der Waals surface area contributed by atoms with Crippen LogP contribution in [0.2, 0.25) is 0 Å². The van der Waals surface area contributed by atoms with Gasteiger partial charge in [-0.15, -0.1) is 0 Å². The Morgan fingerprint density at radius 2 is 2.16 bits per heavy atom. The van der Waals surface area contributed by atoms with Crippen LogP contribution in [-0.4, -0.2) is 32.8 Å². The van der Waals surface area contributed by atoms with Gasteiger partial charge in [0.05, 0.1) is 5.69 Å². The predicted molar refractivity (Wildman–Crippen MR) is 97.7 cm³/mol. The summed E-state index contributed by atoms with van der Waals surface area (Å²) >= 11 is 0. The van der Waals surface area contributed by atoms with Gasteiger partial charge in [0.1, 0.15) is 5.65 Å². The van der Waals surface area contributed by atoms with Gasteiger partial charge >= 0.3 is 0 Å². The fourth-order valence-corrected chi connectivity index (χ4v) is 5.00. The number of rotatable bonds is 2. The zero-order valence-corrected chi connectivity index (χ0v) is 14.4. The first-order valence-corrected chi connectivity index (χ1v) is 9.59. The van der Waals surface area contributed by atoms with Gasteiger partial charge in [-0.3, -0.25) is 4.68 Å². The van der Waals surface area contributed by atoms with Crippen molar-refractivity contribution in [2.45, 2.75) is 50.0 Å². The molecule has 3 aliphatic rings. The number of hydrogen-bond acceptors (Lipinski definition) is 3. The van der Waals surface area contributed by atoms with Crippen molar-refractivity contribution in [1.82, 2.24) is 25.1 Å². The highest BCUT2D eigenvalue weighted by Gasteiger charge is 2.42. The number of H-pyrrole nitrogens is 1. The second kappa shape index (κ2) is 4.94. The number of aromatic amines is 1. The molecule has 3 aromatic rings. The average molecular weight is 333 g/mol. The molecule has 0 bridgehead atoms. The van der Waals surface area contributed by atoms with Gasteiger partial charge in [0.25, 0.3) is 0 Å². The first-order chi connectivity index (χ1) is 12.3. The lowest BCUT2D eigenvalue weighted by Gasteiger charge is -2.24. The van der Waals surface area contributed by atoms with Crippen LogP contribution in [0.25, 0.3) is 22.3 Å². The second-order valence-corrected chi connectivity index (χ2v) is 8.09. The Morgan fingerprint density at radius 1 is 1.20 bits per heavy atom. The summed E-state index contributed by atoms with van der Waals surface area (Å²) in [6.45, 7) is 3.27. The van der Waals surface area contributed by atoms with Gasteiger partial charge in [-0.2, -0.15) is 5.10 Å². The molecule has 1 unspecified atom stereocenters. The van der Waals surface area contributed by atoms with Gasteiger partial charge in [-0.05, 0) is 55.8 Å².